The van der Waals surface area contributed by atoms with Crippen LogP contribution in [-0.2, 0) is 9.31 Å². The SMILES string of the molecule is CC12CC3CC(C1OB(c1cccc4cccnc14)O2)C3(C)C. The van der Waals surface area contributed by atoms with Gasteiger partial charge in [-0.1, -0.05) is 38.1 Å². The van der Waals surface area contributed by atoms with Crippen LogP contribution in [0, 0.1) is 17.3 Å². The van der Waals surface area contributed by atoms with Gasteiger partial charge in [0.25, 0.3) is 0 Å². The number of hydrogen-bond acceptors (Lipinski definition) is 3. The van der Waals surface area contributed by atoms with Crippen molar-refractivity contribution in [1.29, 1.82) is 0 Å². The molecular weight excluding hydrogens is 285 g/mol. The van der Waals surface area contributed by atoms with E-state index in [1.807, 2.05) is 12.3 Å². The van der Waals surface area contributed by atoms with E-state index in [0.717, 1.165) is 28.7 Å². The van der Waals surface area contributed by atoms with E-state index >= 15 is 0 Å². The number of fused-ring (bicyclic) bond motifs is 1. The first-order chi connectivity index (χ1) is 11.0. The standard InChI is InChI=1S/C19H22BNO2/c1-18(2)13-10-14(18)17-19(3,11-13)23-20(22-17)15-8-4-6-12-7-5-9-21-16(12)15/h4-9,13-14,17H,10-11H2,1-3H3. The first-order valence-corrected chi connectivity index (χ1v) is 8.66. The lowest BCUT2D eigenvalue weighted by Crippen LogP contribution is -2.63. The van der Waals surface area contributed by atoms with Crippen LogP contribution in [0.3, 0.4) is 0 Å². The molecule has 118 valence electrons. The molecule has 4 aliphatic rings. The van der Waals surface area contributed by atoms with E-state index in [1.165, 1.54) is 6.42 Å². The Morgan fingerprint density at radius 3 is 2.83 bits per heavy atom. The second-order valence-corrected chi connectivity index (χ2v) is 8.31. The van der Waals surface area contributed by atoms with Gasteiger partial charge in [0.15, 0.2) is 0 Å². The molecule has 2 aromatic rings. The van der Waals surface area contributed by atoms with E-state index in [0.29, 0.717) is 11.3 Å². The van der Waals surface area contributed by atoms with Crippen LogP contribution in [0.4, 0.5) is 0 Å². The Hall–Kier alpha value is -1.39. The summed E-state index contributed by atoms with van der Waals surface area (Å²) in [7, 11) is -0.293. The Morgan fingerprint density at radius 2 is 2.00 bits per heavy atom. The summed E-state index contributed by atoms with van der Waals surface area (Å²) in [5.41, 5.74) is 2.30. The van der Waals surface area contributed by atoms with Crippen molar-refractivity contribution in [2.75, 3.05) is 0 Å². The lowest BCUT2D eigenvalue weighted by atomic mass is 9.45. The molecular formula is C19H22BNO2. The van der Waals surface area contributed by atoms with Gasteiger partial charge in [0.2, 0.25) is 0 Å². The van der Waals surface area contributed by atoms with Gasteiger partial charge in [0.05, 0.1) is 17.2 Å². The highest BCUT2D eigenvalue weighted by Crippen LogP contribution is 2.64. The number of hydrogen-bond donors (Lipinski definition) is 0. The molecule has 3 saturated carbocycles. The molecule has 4 heteroatoms. The molecule has 4 atom stereocenters. The van der Waals surface area contributed by atoms with E-state index in [4.69, 9.17) is 9.31 Å². The monoisotopic (exact) mass is 307 g/mol. The van der Waals surface area contributed by atoms with Crippen LogP contribution in [-0.4, -0.2) is 23.8 Å². The van der Waals surface area contributed by atoms with Gasteiger partial charge in [-0.05, 0) is 48.5 Å². The van der Waals surface area contributed by atoms with Gasteiger partial charge in [0, 0.05) is 11.7 Å². The zero-order valence-electron chi connectivity index (χ0n) is 14.0. The molecule has 1 aromatic heterocycles. The fraction of sp³-hybridized carbons (Fsp3) is 0.526. The predicted octanol–water partition coefficient (Wildman–Crippen LogP) is 3.17. The first-order valence-electron chi connectivity index (χ1n) is 8.66. The maximum Gasteiger partial charge on any atom is 0.496 e. The fourth-order valence-electron chi connectivity index (χ4n) is 5.16. The summed E-state index contributed by atoms with van der Waals surface area (Å²) in [5.74, 6) is 1.38. The summed E-state index contributed by atoms with van der Waals surface area (Å²) in [4.78, 5) is 4.56. The Balaban J connectivity index is 1.54. The van der Waals surface area contributed by atoms with Crippen molar-refractivity contribution < 1.29 is 9.31 Å². The quantitative estimate of drug-likeness (QED) is 0.758. The molecule has 0 N–H and O–H groups in total. The molecule has 0 amide bonds. The van der Waals surface area contributed by atoms with Gasteiger partial charge >= 0.3 is 7.12 Å². The normalized spacial score (nSPS) is 37.5. The molecule has 2 heterocycles. The molecule has 4 unspecified atom stereocenters. The zero-order chi connectivity index (χ0) is 15.8. The zero-order valence-corrected chi connectivity index (χ0v) is 14.0. The van der Waals surface area contributed by atoms with E-state index in [-0.39, 0.29) is 18.8 Å². The van der Waals surface area contributed by atoms with Gasteiger partial charge in [0.1, 0.15) is 0 Å². The lowest BCUT2D eigenvalue weighted by Gasteiger charge is -2.63. The van der Waals surface area contributed by atoms with Crippen LogP contribution in [0.25, 0.3) is 10.9 Å². The number of benzene rings is 1. The second-order valence-electron chi connectivity index (χ2n) is 8.31. The summed E-state index contributed by atoms with van der Waals surface area (Å²) in [6, 6.07) is 10.3. The molecule has 1 saturated heterocycles. The molecule has 1 aromatic carbocycles. The molecule has 6 rings (SSSR count). The Morgan fingerprint density at radius 1 is 1.17 bits per heavy atom. The van der Waals surface area contributed by atoms with Gasteiger partial charge < -0.3 is 9.31 Å². The Bertz CT molecular complexity index is 787. The van der Waals surface area contributed by atoms with Crippen LogP contribution in [0.1, 0.15) is 33.6 Å². The van der Waals surface area contributed by atoms with Crippen molar-refractivity contribution in [3.8, 4) is 0 Å². The van der Waals surface area contributed by atoms with Gasteiger partial charge in [-0.2, -0.15) is 0 Å². The molecule has 0 radical (unpaired) electrons. The topological polar surface area (TPSA) is 31.4 Å². The molecule has 3 aliphatic carbocycles. The van der Waals surface area contributed by atoms with Gasteiger partial charge in [-0.25, -0.2) is 0 Å². The second kappa shape index (κ2) is 4.37. The Labute approximate surface area is 137 Å². The minimum atomic E-state index is -0.293. The highest BCUT2D eigenvalue weighted by atomic mass is 16.7. The molecule has 0 spiro atoms. The number of aromatic nitrogens is 1. The number of pyridine rings is 1. The van der Waals surface area contributed by atoms with Gasteiger partial charge in [-0.3, -0.25) is 4.98 Å². The third kappa shape index (κ3) is 1.77. The first kappa shape index (κ1) is 14.0. The smallest absolute Gasteiger partial charge is 0.401 e. The summed E-state index contributed by atoms with van der Waals surface area (Å²) in [5, 5.41) is 1.14. The summed E-state index contributed by atoms with van der Waals surface area (Å²) >= 11 is 0. The average Bonchev–Trinajstić information content (AvgIpc) is 2.91. The lowest BCUT2D eigenvalue weighted by molar-refractivity contribution is -0.185. The van der Waals surface area contributed by atoms with E-state index < -0.39 is 0 Å². The Kier molecular flexibility index (Phi) is 2.66. The summed E-state index contributed by atoms with van der Waals surface area (Å²) < 4.78 is 13.0. The minimum Gasteiger partial charge on any atom is -0.401 e. The number of nitrogens with zero attached hydrogens (tertiary/aromatic N) is 1. The molecule has 23 heavy (non-hydrogen) atoms. The predicted molar refractivity (Wildman–Crippen MR) is 91.5 cm³/mol. The summed E-state index contributed by atoms with van der Waals surface area (Å²) in [6.07, 6.45) is 4.44. The van der Waals surface area contributed by atoms with E-state index in [9.17, 15) is 0 Å². The van der Waals surface area contributed by atoms with Gasteiger partial charge in [-0.15, -0.1) is 0 Å². The van der Waals surface area contributed by atoms with E-state index in [2.05, 4.69) is 50.0 Å². The van der Waals surface area contributed by atoms with Crippen molar-refractivity contribution in [1.82, 2.24) is 4.98 Å². The van der Waals surface area contributed by atoms with Crippen molar-refractivity contribution >= 4 is 23.5 Å². The van der Waals surface area contributed by atoms with Crippen molar-refractivity contribution in [2.45, 2.75) is 45.3 Å². The molecule has 1 aliphatic heterocycles. The molecule has 3 nitrogen and oxygen atoms in total. The number of rotatable bonds is 1. The van der Waals surface area contributed by atoms with Crippen LogP contribution in [0.5, 0.6) is 0 Å². The van der Waals surface area contributed by atoms with Crippen molar-refractivity contribution in [2.24, 2.45) is 17.3 Å². The maximum absolute atomic E-state index is 6.49. The van der Waals surface area contributed by atoms with Crippen molar-refractivity contribution in [3.63, 3.8) is 0 Å². The van der Waals surface area contributed by atoms with Crippen LogP contribution >= 0.6 is 0 Å². The molecule has 2 bridgehead atoms. The average molecular weight is 307 g/mol. The minimum absolute atomic E-state index is 0.148. The highest BCUT2D eigenvalue weighted by molar-refractivity contribution is 6.64. The van der Waals surface area contributed by atoms with Crippen LogP contribution in [0.15, 0.2) is 36.5 Å². The number of para-hydroxylation sites is 1. The summed E-state index contributed by atoms with van der Waals surface area (Å²) in [6.45, 7) is 7.02. The third-order valence-corrected chi connectivity index (χ3v) is 6.73. The molecule has 4 fully saturated rings. The third-order valence-electron chi connectivity index (χ3n) is 6.73. The van der Waals surface area contributed by atoms with Crippen LogP contribution in [0.2, 0.25) is 0 Å². The largest absolute Gasteiger partial charge is 0.496 e. The van der Waals surface area contributed by atoms with Crippen molar-refractivity contribution in [3.05, 3.63) is 36.5 Å². The van der Waals surface area contributed by atoms with E-state index in [1.54, 1.807) is 0 Å². The highest BCUT2D eigenvalue weighted by Gasteiger charge is 2.66. The fourth-order valence-corrected chi connectivity index (χ4v) is 5.16. The maximum atomic E-state index is 6.49. The van der Waals surface area contributed by atoms with Crippen LogP contribution < -0.4 is 5.46 Å².